The number of ether oxygens (including phenoxy) is 1. The summed E-state index contributed by atoms with van der Waals surface area (Å²) in [5, 5.41) is 7.41. The lowest BCUT2D eigenvalue weighted by Crippen LogP contribution is -2.61. The van der Waals surface area contributed by atoms with Crippen LogP contribution >= 0.6 is 0 Å². The second-order valence-corrected chi connectivity index (χ2v) is 9.31. The number of nitrogens with one attached hydrogen (secondary N) is 2. The highest BCUT2D eigenvalue weighted by molar-refractivity contribution is 5.73. The van der Waals surface area contributed by atoms with Crippen LogP contribution in [0.4, 0.5) is 0 Å². The van der Waals surface area contributed by atoms with Crippen LogP contribution in [0, 0.1) is 11.8 Å². The minimum atomic E-state index is -0.0134. The van der Waals surface area contributed by atoms with E-state index in [9.17, 15) is 4.79 Å². The Hall–Kier alpha value is -1.43. The lowest BCUT2D eigenvalue weighted by molar-refractivity contribution is -0.147. The first kappa shape index (κ1) is 18.6. The minimum Gasteiger partial charge on any atom is -0.466 e. The third kappa shape index (κ3) is 3.27. The molecule has 0 aromatic heterocycles. The van der Waals surface area contributed by atoms with E-state index in [2.05, 4.69) is 39.8 Å². The van der Waals surface area contributed by atoms with Gasteiger partial charge in [-0.05, 0) is 69.2 Å². The minimum absolute atomic E-state index is 0.0134. The third-order valence-electron chi connectivity index (χ3n) is 7.70. The highest BCUT2D eigenvalue weighted by atomic mass is 16.5. The molecule has 1 aromatic rings. The van der Waals surface area contributed by atoms with Crippen molar-refractivity contribution in [3.63, 3.8) is 0 Å². The van der Waals surface area contributed by atoms with E-state index in [0.717, 1.165) is 25.4 Å². The van der Waals surface area contributed by atoms with Gasteiger partial charge in [-0.3, -0.25) is 4.79 Å². The van der Waals surface area contributed by atoms with E-state index in [1.165, 1.54) is 49.9 Å². The van der Waals surface area contributed by atoms with E-state index >= 15 is 0 Å². The molecule has 2 N–H and O–H groups in total. The highest BCUT2D eigenvalue weighted by Crippen LogP contribution is 2.45. The molecule has 5 heteroatoms. The summed E-state index contributed by atoms with van der Waals surface area (Å²) in [6.45, 7) is 6.62. The fraction of sp³-hybridized carbons (Fsp3) is 0.696. The van der Waals surface area contributed by atoms with Gasteiger partial charge in [0.2, 0.25) is 0 Å². The fourth-order valence-electron chi connectivity index (χ4n) is 6.16. The van der Waals surface area contributed by atoms with Gasteiger partial charge in [0.15, 0.2) is 0 Å². The van der Waals surface area contributed by atoms with Crippen LogP contribution in [0.2, 0.25) is 0 Å². The second kappa shape index (κ2) is 7.43. The monoisotopic (exact) mass is 383 g/mol. The van der Waals surface area contributed by atoms with Crippen LogP contribution in [0.1, 0.15) is 56.2 Å². The zero-order valence-electron chi connectivity index (χ0n) is 17.0. The molecule has 1 aromatic carbocycles. The molecule has 0 amide bonds. The van der Waals surface area contributed by atoms with Crippen LogP contribution < -0.4 is 10.6 Å². The average Bonchev–Trinajstić information content (AvgIpc) is 3.32. The number of piperidine rings is 1. The van der Waals surface area contributed by atoms with Crippen LogP contribution in [-0.2, 0) is 16.1 Å². The van der Waals surface area contributed by atoms with Crippen LogP contribution in [0.5, 0.6) is 0 Å². The molecule has 28 heavy (non-hydrogen) atoms. The van der Waals surface area contributed by atoms with E-state index in [-0.39, 0.29) is 17.4 Å². The smallest absolute Gasteiger partial charge is 0.310 e. The number of likely N-dealkylation sites (tertiary alicyclic amines) is 1. The molecule has 3 fully saturated rings. The van der Waals surface area contributed by atoms with Crippen LogP contribution in [0.3, 0.4) is 0 Å². The van der Waals surface area contributed by atoms with Gasteiger partial charge in [-0.15, -0.1) is 0 Å². The summed E-state index contributed by atoms with van der Waals surface area (Å²) in [6, 6.07) is 10.2. The summed E-state index contributed by atoms with van der Waals surface area (Å²) >= 11 is 0. The molecule has 2 atom stereocenters. The Balaban J connectivity index is 1.11. The molecule has 0 radical (unpaired) electrons. The number of nitrogens with zero attached hydrogens (tertiary/aromatic N) is 1. The van der Waals surface area contributed by atoms with Gasteiger partial charge < -0.3 is 20.3 Å². The Bertz CT molecular complexity index is 722. The van der Waals surface area contributed by atoms with Gasteiger partial charge >= 0.3 is 5.97 Å². The highest BCUT2D eigenvalue weighted by Gasteiger charge is 2.52. The van der Waals surface area contributed by atoms with Crippen molar-refractivity contribution >= 4 is 5.97 Å². The summed E-state index contributed by atoms with van der Waals surface area (Å²) in [6.07, 6.45) is 5.92. The molecule has 1 aliphatic carbocycles. The lowest BCUT2D eigenvalue weighted by Gasteiger charge is -2.52. The topological polar surface area (TPSA) is 53.6 Å². The Morgan fingerprint density at radius 3 is 2.79 bits per heavy atom. The van der Waals surface area contributed by atoms with E-state index < -0.39 is 0 Å². The van der Waals surface area contributed by atoms with Gasteiger partial charge in [-0.25, -0.2) is 0 Å². The standard InChI is InChI=1S/C23H33N3O2/c1-2-28-22(27)18-11-23(25-15-18)12-19(13-23)26-9-7-16(8-10-26)21-20-6-4-3-5-17(20)14-24-21/h3-6,16,18-19,21,24-25H,2,7-15H2,1H3. The third-order valence-corrected chi connectivity index (χ3v) is 7.70. The van der Waals surface area contributed by atoms with Gasteiger partial charge in [0.25, 0.3) is 0 Å². The Morgan fingerprint density at radius 1 is 1.21 bits per heavy atom. The van der Waals surface area contributed by atoms with Crippen LogP contribution in [-0.4, -0.2) is 48.7 Å². The summed E-state index contributed by atoms with van der Waals surface area (Å²) in [7, 11) is 0. The van der Waals surface area contributed by atoms with E-state index in [4.69, 9.17) is 4.74 Å². The molecule has 0 bridgehead atoms. The summed E-state index contributed by atoms with van der Waals surface area (Å²) in [5.41, 5.74) is 3.22. The Morgan fingerprint density at radius 2 is 2.00 bits per heavy atom. The maximum Gasteiger partial charge on any atom is 0.310 e. The number of hydrogen-bond donors (Lipinski definition) is 2. The molecule has 152 valence electrons. The van der Waals surface area contributed by atoms with Gasteiger partial charge in [-0.1, -0.05) is 24.3 Å². The van der Waals surface area contributed by atoms with Gasteiger partial charge in [0.05, 0.1) is 12.5 Å². The molecule has 1 spiro atoms. The first-order valence-electron chi connectivity index (χ1n) is 11.1. The zero-order chi connectivity index (χ0) is 19.1. The average molecular weight is 384 g/mol. The van der Waals surface area contributed by atoms with Crippen molar-refractivity contribution < 1.29 is 9.53 Å². The number of carbonyl (C=O) groups excluding carboxylic acids is 1. The molecule has 1 saturated carbocycles. The van der Waals surface area contributed by atoms with Crippen molar-refractivity contribution in [2.24, 2.45) is 11.8 Å². The summed E-state index contributed by atoms with van der Waals surface area (Å²) in [5.74, 6) is 0.798. The first-order chi connectivity index (χ1) is 13.7. The number of carbonyl (C=O) groups is 1. The normalized spacial score (nSPS) is 35.7. The lowest BCUT2D eigenvalue weighted by atomic mass is 9.69. The van der Waals surface area contributed by atoms with Crippen molar-refractivity contribution in [1.29, 1.82) is 0 Å². The predicted octanol–water partition coefficient (Wildman–Crippen LogP) is 2.62. The van der Waals surface area contributed by atoms with E-state index in [1.807, 2.05) is 6.92 Å². The predicted molar refractivity (Wildman–Crippen MR) is 109 cm³/mol. The number of hydrogen-bond acceptors (Lipinski definition) is 5. The Labute approximate surface area is 168 Å². The zero-order valence-corrected chi connectivity index (χ0v) is 17.0. The van der Waals surface area contributed by atoms with Crippen molar-refractivity contribution in [2.75, 3.05) is 26.2 Å². The maximum atomic E-state index is 12.0. The molecule has 5 nitrogen and oxygen atoms in total. The van der Waals surface area contributed by atoms with Gasteiger partial charge in [-0.2, -0.15) is 0 Å². The van der Waals surface area contributed by atoms with Crippen molar-refractivity contribution in [2.45, 2.75) is 63.2 Å². The maximum absolute atomic E-state index is 12.0. The quantitative estimate of drug-likeness (QED) is 0.783. The largest absolute Gasteiger partial charge is 0.466 e. The van der Waals surface area contributed by atoms with Gasteiger partial charge in [0, 0.05) is 30.7 Å². The SMILES string of the molecule is CCOC(=O)C1CNC2(C1)CC(N1CCC(C3NCc4ccccc43)CC1)C2. The van der Waals surface area contributed by atoms with Crippen molar-refractivity contribution in [1.82, 2.24) is 15.5 Å². The number of esters is 1. The van der Waals surface area contributed by atoms with Crippen LogP contribution in [0.15, 0.2) is 24.3 Å². The molecule has 3 aliphatic heterocycles. The molecule has 2 unspecified atom stereocenters. The molecule has 4 aliphatic rings. The molecule has 2 saturated heterocycles. The number of benzene rings is 1. The summed E-state index contributed by atoms with van der Waals surface area (Å²) in [4.78, 5) is 14.7. The van der Waals surface area contributed by atoms with Gasteiger partial charge in [0.1, 0.15) is 0 Å². The number of rotatable bonds is 4. The summed E-state index contributed by atoms with van der Waals surface area (Å²) < 4.78 is 5.22. The fourth-order valence-corrected chi connectivity index (χ4v) is 6.16. The number of fused-ring (bicyclic) bond motifs is 1. The molecule has 3 heterocycles. The molecular weight excluding hydrogens is 350 g/mol. The second-order valence-electron chi connectivity index (χ2n) is 9.31. The van der Waals surface area contributed by atoms with E-state index in [0.29, 0.717) is 18.7 Å². The molecular formula is C23H33N3O2. The molecule has 5 rings (SSSR count). The van der Waals surface area contributed by atoms with Crippen LogP contribution in [0.25, 0.3) is 0 Å². The first-order valence-corrected chi connectivity index (χ1v) is 11.1. The van der Waals surface area contributed by atoms with E-state index in [1.54, 1.807) is 0 Å². The van der Waals surface area contributed by atoms with Crippen molar-refractivity contribution in [3.8, 4) is 0 Å². The Kier molecular flexibility index (Phi) is 4.93. The van der Waals surface area contributed by atoms with Crippen molar-refractivity contribution in [3.05, 3.63) is 35.4 Å².